The van der Waals surface area contributed by atoms with Gasteiger partial charge in [-0.3, -0.25) is 0 Å². The van der Waals surface area contributed by atoms with Crippen molar-refractivity contribution in [3.05, 3.63) is 12.7 Å². The van der Waals surface area contributed by atoms with Gasteiger partial charge in [-0.2, -0.15) is 0 Å². The molecular formula is C3H11OPtSi2. The van der Waals surface area contributed by atoms with E-state index in [2.05, 4.69) is 30.5 Å². The van der Waals surface area contributed by atoms with Crippen LogP contribution in [0.25, 0.3) is 0 Å². The van der Waals surface area contributed by atoms with Crippen molar-refractivity contribution >= 4 is 21.0 Å². The maximum atomic E-state index is 4.53. The fraction of sp³-hybridized carbons (Fsp3) is 0.333. The molecule has 0 radical (unpaired) electrons. The van der Waals surface area contributed by atoms with Crippen LogP contribution < -0.4 is 0 Å². The second-order valence-electron chi connectivity index (χ2n) is 0.826. The quantitative estimate of drug-likeness (QED) is 0.432. The van der Waals surface area contributed by atoms with E-state index in [-0.39, 0.29) is 0 Å². The van der Waals surface area contributed by atoms with E-state index in [0.717, 1.165) is 25.8 Å². The van der Waals surface area contributed by atoms with E-state index in [1.807, 2.05) is 6.08 Å². The summed E-state index contributed by atoms with van der Waals surface area (Å²) >= 11 is 2.22. The third-order valence-electron chi connectivity index (χ3n) is 0.0913. The maximum absolute atomic E-state index is 4.53. The third kappa shape index (κ3) is 47.8. The van der Waals surface area contributed by atoms with E-state index in [1.165, 1.54) is 0 Å². The van der Waals surface area contributed by atoms with Gasteiger partial charge in [-0.15, -0.1) is 0 Å². The van der Waals surface area contributed by atoms with Crippen LogP contribution in [0, 0.1) is 0 Å². The molecule has 0 saturated heterocycles. The Morgan fingerprint density at radius 2 is 1.86 bits per heavy atom. The van der Waals surface area contributed by atoms with E-state index in [4.69, 9.17) is 0 Å². The standard InChI is InChI=1S/C3H5.H6OSi2.Pt/c1-3-2;2-1-3;/h3H,1-2H2;2-3H3;. The molecule has 0 spiro atoms. The Kier molecular flexibility index (Phi) is 24.3. The van der Waals surface area contributed by atoms with Crippen LogP contribution in [0.2, 0.25) is 4.81 Å². The van der Waals surface area contributed by atoms with Crippen LogP contribution in [0.1, 0.15) is 0 Å². The molecule has 47 valence electrons. The van der Waals surface area contributed by atoms with Gasteiger partial charge >= 0.3 is 37.3 Å². The summed E-state index contributed by atoms with van der Waals surface area (Å²) < 4.78 is 4.53. The van der Waals surface area contributed by atoms with Crippen molar-refractivity contribution in [1.82, 2.24) is 0 Å². The minimum Gasteiger partial charge on any atom is -0.471 e. The Morgan fingerprint density at radius 3 is 1.86 bits per heavy atom. The van der Waals surface area contributed by atoms with E-state index in [0.29, 0.717) is 0 Å². The van der Waals surface area contributed by atoms with Crippen LogP contribution in [0.15, 0.2) is 12.7 Å². The normalized spacial score (nSPS) is 7.14. The first-order valence-electron chi connectivity index (χ1n) is 1.86. The van der Waals surface area contributed by atoms with Crippen LogP contribution in [0.4, 0.5) is 0 Å². The van der Waals surface area contributed by atoms with Crippen LogP contribution in [0.3, 0.4) is 0 Å². The number of hydrogen-bond acceptors (Lipinski definition) is 1. The fourth-order valence-electron chi connectivity index (χ4n) is 0. The average Bonchev–Trinajstić information content (AvgIpc) is 1.69. The molecule has 0 aromatic heterocycles. The average molecular weight is 314 g/mol. The van der Waals surface area contributed by atoms with Gasteiger partial charge in [0.15, 0.2) is 0 Å². The molecule has 1 nitrogen and oxygen atoms in total. The van der Waals surface area contributed by atoms with Gasteiger partial charge in [0, 0.05) is 0 Å². The van der Waals surface area contributed by atoms with E-state index in [9.17, 15) is 0 Å². The molecule has 0 unspecified atom stereocenters. The van der Waals surface area contributed by atoms with Gasteiger partial charge in [-0.25, -0.2) is 0 Å². The zero-order valence-corrected chi connectivity index (χ0v) is 11.0. The minimum atomic E-state index is 0.931. The minimum absolute atomic E-state index is 0.931. The molecule has 0 aliphatic carbocycles. The molecule has 0 aliphatic heterocycles. The molecule has 0 N–H and O–H groups in total. The van der Waals surface area contributed by atoms with Gasteiger partial charge in [0.1, 0.15) is 21.0 Å². The van der Waals surface area contributed by atoms with Crippen LogP contribution in [0.5, 0.6) is 0 Å². The zero-order valence-electron chi connectivity index (χ0n) is 4.72. The van der Waals surface area contributed by atoms with Gasteiger partial charge in [0.2, 0.25) is 0 Å². The first-order valence-corrected chi connectivity index (χ1v) is 5.10. The summed E-state index contributed by atoms with van der Waals surface area (Å²) in [6.45, 7) is 3.47. The summed E-state index contributed by atoms with van der Waals surface area (Å²) in [6, 6.07) is 0. The molecule has 0 aromatic rings. The predicted molar refractivity (Wildman–Crippen MR) is 36.0 cm³/mol. The zero-order chi connectivity index (χ0) is 6.12. The third-order valence-corrected chi connectivity index (χ3v) is 0.747. The van der Waals surface area contributed by atoms with Gasteiger partial charge in [-0.1, -0.05) is 0 Å². The summed E-state index contributed by atoms with van der Waals surface area (Å²) in [5.41, 5.74) is 0. The molecule has 0 aromatic carbocycles. The first kappa shape index (κ1) is 10.7. The Labute approximate surface area is 62.5 Å². The van der Waals surface area contributed by atoms with E-state index in [1.54, 1.807) is 0 Å². The van der Waals surface area contributed by atoms with E-state index >= 15 is 0 Å². The predicted octanol–water partition coefficient (Wildman–Crippen LogP) is -1.30. The topological polar surface area (TPSA) is 9.23 Å². The second-order valence-corrected chi connectivity index (χ2v) is 5.02. The largest absolute Gasteiger partial charge is 0.471 e. The molecule has 0 atom stereocenters. The van der Waals surface area contributed by atoms with Crippen molar-refractivity contribution in [3.8, 4) is 0 Å². The molecule has 4 heteroatoms. The van der Waals surface area contributed by atoms with Crippen LogP contribution >= 0.6 is 0 Å². The van der Waals surface area contributed by atoms with Crippen LogP contribution in [-0.2, 0) is 23.9 Å². The van der Waals surface area contributed by atoms with Crippen LogP contribution in [-0.4, -0.2) is 21.0 Å². The fourth-order valence-corrected chi connectivity index (χ4v) is 0. The number of hydrogen-bond donors (Lipinski definition) is 0. The maximum Gasteiger partial charge on any atom is 0.129 e. The number of rotatable bonds is 1. The molecule has 7 heavy (non-hydrogen) atoms. The Morgan fingerprint density at radius 1 is 1.71 bits per heavy atom. The SMILES string of the molecule is C=C[CH2][Pt].[SiH3]O[SiH3]. The summed E-state index contributed by atoms with van der Waals surface area (Å²) in [4.78, 5) is 1.06. The van der Waals surface area contributed by atoms with Gasteiger partial charge in [-0.05, 0) is 0 Å². The van der Waals surface area contributed by atoms with Crippen molar-refractivity contribution in [3.63, 3.8) is 0 Å². The summed E-state index contributed by atoms with van der Waals surface area (Å²) in [5.74, 6) is 0. The smallest absolute Gasteiger partial charge is 0.129 e. The van der Waals surface area contributed by atoms with Gasteiger partial charge in [0.05, 0.1) is 0 Å². The molecular weight excluding hydrogens is 303 g/mol. The Bertz CT molecular complexity index is 34.1. The Balaban J connectivity index is 0. The van der Waals surface area contributed by atoms with Gasteiger partial charge in [0.25, 0.3) is 0 Å². The first-order chi connectivity index (χ1) is 3.33. The summed E-state index contributed by atoms with van der Waals surface area (Å²) in [5, 5.41) is 0. The second kappa shape index (κ2) is 15.8. The van der Waals surface area contributed by atoms with Crippen molar-refractivity contribution < 1.29 is 23.9 Å². The van der Waals surface area contributed by atoms with Gasteiger partial charge < -0.3 is 4.12 Å². The molecule has 0 fully saturated rings. The molecule has 0 rings (SSSR count). The van der Waals surface area contributed by atoms with Crippen molar-refractivity contribution in [2.45, 2.75) is 4.81 Å². The summed E-state index contributed by atoms with van der Waals surface area (Å²) in [7, 11) is 1.86. The molecule has 0 bridgehead atoms. The van der Waals surface area contributed by atoms with Crippen molar-refractivity contribution in [2.24, 2.45) is 0 Å². The molecule has 0 heterocycles. The van der Waals surface area contributed by atoms with Crippen molar-refractivity contribution in [2.75, 3.05) is 0 Å². The molecule has 0 amide bonds. The monoisotopic (exact) mass is 314 g/mol. The van der Waals surface area contributed by atoms with E-state index < -0.39 is 0 Å². The Hall–Kier alpha value is 0.822. The summed E-state index contributed by atoms with van der Waals surface area (Å²) in [6.07, 6.45) is 1.86. The molecule has 0 saturated carbocycles. The number of allylic oxidation sites excluding steroid dienone is 1. The molecule has 0 aliphatic rings. The van der Waals surface area contributed by atoms with Crippen molar-refractivity contribution in [1.29, 1.82) is 0 Å².